The first-order chi connectivity index (χ1) is 12.1. The SMILES string of the molecule is Cc1noc(C)c1COC(=O)C1c2ccccc2Oc2ccccc21. The maximum atomic E-state index is 12.9. The van der Waals surface area contributed by atoms with Crippen molar-refractivity contribution >= 4 is 5.97 Å². The third kappa shape index (κ3) is 2.67. The second-order valence-corrected chi connectivity index (χ2v) is 6.02. The third-order valence-corrected chi connectivity index (χ3v) is 4.46. The van der Waals surface area contributed by atoms with E-state index in [9.17, 15) is 4.79 Å². The Balaban J connectivity index is 1.66. The number of fused-ring (bicyclic) bond motifs is 2. The molecule has 0 atom stereocenters. The van der Waals surface area contributed by atoms with E-state index in [0.717, 1.165) is 22.4 Å². The lowest BCUT2D eigenvalue weighted by Gasteiger charge is -2.26. The van der Waals surface area contributed by atoms with E-state index in [4.69, 9.17) is 14.0 Å². The van der Waals surface area contributed by atoms with Crippen LogP contribution in [0.3, 0.4) is 0 Å². The normalized spacial score (nSPS) is 12.9. The summed E-state index contributed by atoms with van der Waals surface area (Å²) >= 11 is 0. The maximum Gasteiger partial charge on any atom is 0.318 e. The highest BCUT2D eigenvalue weighted by atomic mass is 16.5. The number of carbonyl (C=O) groups excluding carboxylic acids is 1. The van der Waals surface area contributed by atoms with Crippen LogP contribution in [0.4, 0.5) is 0 Å². The summed E-state index contributed by atoms with van der Waals surface area (Å²) in [6, 6.07) is 15.1. The number of hydrogen-bond acceptors (Lipinski definition) is 5. The molecule has 2 aromatic carbocycles. The first-order valence-corrected chi connectivity index (χ1v) is 8.09. The van der Waals surface area contributed by atoms with Crippen molar-refractivity contribution in [2.24, 2.45) is 0 Å². The fourth-order valence-electron chi connectivity index (χ4n) is 3.10. The molecule has 0 N–H and O–H groups in total. The molecule has 1 aliphatic heterocycles. The molecule has 4 rings (SSSR count). The lowest BCUT2D eigenvalue weighted by molar-refractivity contribution is -0.145. The van der Waals surface area contributed by atoms with E-state index in [1.807, 2.05) is 62.4 Å². The maximum absolute atomic E-state index is 12.9. The predicted molar refractivity (Wildman–Crippen MR) is 90.6 cm³/mol. The van der Waals surface area contributed by atoms with Gasteiger partial charge in [0.25, 0.3) is 0 Å². The number of aryl methyl sites for hydroxylation is 2. The van der Waals surface area contributed by atoms with E-state index in [2.05, 4.69) is 5.16 Å². The molecular formula is C20H17NO4. The lowest BCUT2D eigenvalue weighted by atomic mass is 9.88. The Labute approximate surface area is 145 Å². The van der Waals surface area contributed by atoms with E-state index >= 15 is 0 Å². The number of para-hydroxylation sites is 2. The van der Waals surface area contributed by atoms with Gasteiger partial charge in [-0.1, -0.05) is 41.6 Å². The van der Waals surface area contributed by atoms with Gasteiger partial charge < -0.3 is 14.0 Å². The lowest BCUT2D eigenvalue weighted by Crippen LogP contribution is -2.21. The van der Waals surface area contributed by atoms with Crippen LogP contribution >= 0.6 is 0 Å². The Bertz CT molecular complexity index is 879. The van der Waals surface area contributed by atoms with Gasteiger partial charge in [-0.2, -0.15) is 0 Å². The zero-order valence-electron chi connectivity index (χ0n) is 14.0. The Kier molecular flexibility index (Phi) is 3.76. The minimum Gasteiger partial charge on any atom is -0.460 e. The van der Waals surface area contributed by atoms with Crippen LogP contribution in [0.25, 0.3) is 0 Å². The highest BCUT2D eigenvalue weighted by molar-refractivity contribution is 5.85. The van der Waals surface area contributed by atoms with Crippen LogP contribution in [0.2, 0.25) is 0 Å². The van der Waals surface area contributed by atoms with Gasteiger partial charge in [-0.25, -0.2) is 0 Å². The van der Waals surface area contributed by atoms with Gasteiger partial charge in [-0.3, -0.25) is 4.79 Å². The van der Waals surface area contributed by atoms with Gasteiger partial charge in [-0.05, 0) is 26.0 Å². The Morgan fingerprint density at radius 2 is 1.64 bits per heavy atom. The van der Waals surface area contributed by atoms with Gasteiger partial charge in [0.2, 0.25) is 0 Å². The smallest absolute Gasteiger partial charge is 0.318 e. The second kappa shape index (κ2) is 6.09. The molecule has 1 aliphatic rings. The van der Waals surface area contributed by atoms with Crippen molar-refractivity contribution in [2.45, 2.75) is 26.4 Å². The van der Waals surface area contributed by atoms with Crippen LogP contribution in [0.5, 0.6) is 11.5 Å². The summed E-state index contributed by atoms with van der Waals surface area (Å²) in [6.45, 7) is 3.78. The molecule has 5 heteroatoms. The first kappa shape index (κ1) is 15.4. The van der Waals surface area contributed by atoms with Crippen LogP contribution in [0.15, 0.2) is 53.1 Å². The van der Waals surface area contributed by atoms with Crippen molar-refractivity contribution in [1.82, 2.24) is 5.16 Å². The van der Waals surface area contributed by atoms with Gasteiger partial charge in [0.15, 0.2) is 0 Å². The molecule has 0 bridgehead atoms. The van der Waals surface area contributed by atoms with Crippen molar-refractivity contribution in [2.75, 3.05) is 0 Å². The summed E-state index contributed by atoms with van der Waals surface area (Å²) in [5, 5.41) is 3.89. The van der Waals surface area contributed by atoms with Crippen LogP contribution in [-0.2, 0) is 16.1 Å². The van der Waals surface area contributed by atoms with Crippen LogP contribution < -0.4 is 4.74 Å². The molecule has 0 unspecified atom stereocenters. The molecule has 0 aliphatic carbocycles. The van der Waals surface area contributed by atoms with E-state index in [-0.39, 0.29) is 12.6 Å². The highest BCUT2D eigenvalue weighted by Crippen LogP contribution is 2.44. The van der Waals surface area contributed by atoms with Gasteiger partial charge in [0.1, 0.15) is 29.8 Å². The number of aromatic nitrogens is 1. The monoisotopic (exact) mass is 335 g/mol. The van der Waals surface area contributed by atoms with E-state index in [0.29, 0.717) is 17.3 Å². The summed E-state index contributed by atoms with van der Waals surface area (Å²) in [5.41, 5.74) is 3.16. The minimum absolute atomic E-state index is 0.141. The average Bonchev–Trinajstić information content (AvgIpc) is 2.95. The summed E-state index contributed by atoms with van der Waals surface area (Å²) in [6.07, 6.45) is 0. The van der Waals surface area contributed by atoms with Crippen molar-refractivity contribution in [3.05, 3.63) is 76.7 Å². The topological polar surface area (TPSA) is 61.6 Å². The number of hydrogen-bond donors (Lipinski definition) is 0. The van der Waals surface area contributed by atoms with Crippen molar-refractivity contribution in [3.8, 4) is 11.5 Å². The molecule has 25 heavy (non-hydrogen) atoms. The van der Waals surface area contributed by atoms with Crippen LogP contribution in [-0.4, -0.2) is 11.1 Å². The van der Waals surface area contributed by atoms with Gasteiger partial charge >= 0.3 is 5.97 Å². The molecule has 0 radical (unpaired) electrons. The zero-order valence-corrected chi connectivity index (χ0v) is 14.0. The highest BCUT2D eigenvalue weighted by Gasteiger charge is 2.33. The third-order valence-electron chi connectivity index (χ3n) is 4.46. The van der Waals surface area contributed by atoms with Crippen LogP contribution in [0, 0.1) is 13.8 Å². The molecule has 0 saturated heterocycles. The standard InChI is InChI=1S/C20H17NO4/c1-12-16(13(2)25-21-12)11-23-20(22)19-14-7-3-5-9-17(14)24-18-10-6-4-8-15(18)19/h3-10,19H,11H2,1-2H3. The molecule has 0 spiro atoms. The summed E-state index contributed by atoms with van der Waals surface area (Å²) in [7, 11) is 0. The molecule has 3 aromatic rings. The molecule has 0 fully saturated rings. The summed E-state index contributed by atoms with van der Waals surface area (Å²) < 4.78 is 16.6. The number of nitrogens with zero attached hydrogens (tertiary/aromatic N) is 1. The average molecular weight is 335 g/mol. The number of rotatable bonds is 3. The number of benzene rings is 2. The summed E-state index contributed by atoms with van der Waals surface area (Å²) in [4.78, 5) is 12.9. The summed E-state index contributed by atoms with van der Waals surface area (Å²) in [5.74, 6) is 1.20. The van der Waals surface area contributed by atoms with Gasteiger partial charge in [0.05, 0.1) is 11.3 Å². The number of carbonyl (C=O) groups is 1. The fraction of sp³-hybridized carbons (Fsp3) is 0.200. The molecule has 2 heterocycles. The van der Waals surface area contributed by atoms with Crippen molar-refractivity contribution in [3.63, 3.8) is 0 Å². The van der Waals surface area contributed by atoms with Gasteiger partial charge in [-0.15, -0.1) is 0 Å². The van der Waals surface area contributed by atoms with E-state index < -0.39 is 5.92 Å². The molecule has 1 aromatic heterocycles. The fourth-order valence-corrected chi connectivity index (χ4v) is 3.10. The van der Waals surface area contributed by atoms with Crippen LogP contribution in [0.1, 0.15) is 34.1 Å². The molecule has 126 valence electrons. The van der Waals surface area contributed by atoms with Crippen molar-refractivity contribution < 1.29 is 18.8 Å². The molecule has 0 saturated carbocycles. The zero-order chi connectivity index (χ0) is 17.4. The predicted octanol–water partition coefficient (Wildman–Crippen LogP) is 4.27. The van der Waals surface area contributed by atoms with E-state index in [1.54, 1.807) is 0 Å². The molecular weight excluding hydrogens is 318 g/mol. The van der Waals surface area contributed by atoms with Crippen molar-refractivity contribution in [1.29, 1.82) is 0 Å². The number of esters is 1. The Hall–Kier alpha value is -3.08. The quantitative estimate of drug-likeness (QED) is 0.669. The minimum atomic E-state index is -0.512. The first-order valence-electron chi connectivity index (χ1n) is 8.09. The second-order valence-electron chi connectivity index (χ2n) is 6.02. The Morgan fingerprint density at radius 1 is 1.04 bits per heavy atom. The largest absolute Gasteiger partial charge is 0.460 e. The van der Waals surface area contributed by atoms with Gasteiger partial charge in [0, 0.05) is 11.1 Å². The Morgan fingerprint density at radius 3 is 2.20 bits per heavy atom. The number of ether oxygens (including phenoxy) is 2. The van der Waals surface area contributed by atoms with E-state index in [1.165, 1.54) is 0 Å². The molecule has 5 nitrogen and oxygen atoms in total. The molecule has 0 amide bonds.